The molecule has 0 aliphatic rings. The molecular weight excluding hydrogens is 546 g/mol. The molecule has 0 unspecified atom stereocenters. The summed E-state index contributed by atoms with van der Waals surface area (Å²) in [5.74, 6) is -0.860. The minimum Gasteiger partial charge on any atom is -0.494 e. The standard InChI is InChI=1S/C26H24BrN3O7/c1-4-36-20-9-7-19(8-10-20)29-24(31)25(32)30-28-15-17-13-18(27)6-12-21(17)37-26(33)16-5-11-22(34-2)23(14-16)35-3/h5-15H,4H2,1-3H3,(H,29,31)(H,30,32)/b28-15-. The summed E-state index contributed by atoms with van der Waals surface area (Å²) in [5.41, 5.74) is 3.18. The van der Waals surface area contributed by atoms with Crippen LogP contribution in [0.2, 0.25) is 0 Å². The van der Waals surface area contributed by atoms with E-state index in [0.29, 0.717) is 39.6 Å². The number of ether oxygens (including phenoxy) is 4. The SMILES string of the molecule is CCOc1ccc(NC(=O)C(=O)N/N=C\c2cc(Br)ccc2OC(=O)c2ccc(OC)c(OC)c2)cc1. The third-order valence-electron chi connectivity index (χ3n) is 4.79. The lowest BCUT2D eigenvalue weighted by Crippen LogP contribution is -2.32. The Bertz CT molecular complexity index is 1310. The summed E-state index contributed by atoms with van der Waals surface area (Å²) in [6.45, 7) is 2.38. The van der Waals surface area contributed by atoms with Crippen LogP contribution in [-0.2, 0) is 9.59 Å². The van der Waals surface area contributed by atoms with E-state index in [9.17, 15) is 14.4 Å². The molecule has 2 N–H and O–H groups in total. The van der Waals surface area contributed by atoms with Crippen LogP contribution in [0.3, 0.4) is 0 Å². The van der Waals surface area contributed by atoms with Gasteiger partial charge in [-0.15, -0.1) is 0 Å². The number of nitrogens with one attached hydrogen (secondary N) is 2. The predicted octanol–water partition coefficient (Wildman–Crippen LogP) is 4.17. The molecule has 0 aromatic heterocycles. The molecule has 0 fully saturated rings. The summed E-state index contributed by atoms with van der Waals surface area (Å²) in [7, 11) is 2.95. The maximum Gasteiger partial charge on any atom is 0.343 e. The third-order valence-corrected chi connectivity index (χ3v) is 5.29. The van der Waals surface area contributed by atoms with Crippen molar-refractivity contribution in [3.05, 3.63) is 76.3 Å². The molecule has 10 nitrogen and oxygen atoms in total. The Morgan fingerprint density at radius 1 is 0.892 bits per heavy atom. The molecule has 0 spiro atoms. The van der Waals surface area contributed by atoms with Crippen LogP contribution in [0.4, 0.5) is 5.69 Å². The maximum absolute atomic E-state index is 12.7. The lowest BCUT2D eigenvalue weighted by Gasteiger charge is -2.11. The third kappa shape index (κ3) is 7.55. The summed E-state index contributed by atoms with van der Waals surface area (Å²) in [5, 5.41) is 6.29. The van der Waals surface area contributed by atoms with Gasteiger partial charge < -0.3 is 24.3 Å². The number of benzene rings is 3. The summed E-state index contributed by atoms with van der Waals surface area (Å²) in [6, 6.07) is 16.1. The molecule has 3 aromatic carbocycles. The van der Waals surface area contributed by atoms with Crippen LogP contribution in [0.5, 0.6) is 23.0 Å². The zero-order valence-electron chi connectivity index (χ0n) is 20.2. The predicted molar refractivity (Wildman–Crippen MR) is 141 cm³/mol. The minimum atomic E-state index is -0.982. The number of nitrogens with zero attached hydrogens (tertiary/aromatic N) is 1. The Hall–Kier alpha value is -4.38. The number of carbonyl (C=O) groups is 3. The maximum atomic E-state index is 12.7. The zero-order chi connectivity index (χ0) is 26.8. The fourth-order valence-corrected chi connectivity index (χ4v) is 3.41. The summed E-state index contributed by atoms with van der Waals surface area (Å²) in [4.78, 5) is 37.0. The topological polar surface area (TPSA) is 125 Å². The van der Waals surface area contributed by atoms with Crippen LogP contribution in [0.15, 0.2) is 70.2 Å². The smallest absolute Gasteiger partial charge is 0.343 e. The van der Waals surface area contributed by atoms with Gasteiger partial charge in [0, 0.05) is 15.7 Å². The number of rotatable bonds is 9. The van der Waals surface area contributed by atoms with Crippen LogP contribution < -0.4 is 29.7 Å². The molecule has 3 aromatic rings. The largest absolute Gasteiger partial charge is 0.494 e. The van der Waals surface area contributed by atoms with Crippen molar-refractivity contribution in [3.8, 4) is 23.0 Å². The van der Waals surface area contributed by atoms with Crippen molar-refractivity contribution in [2.24, 2.45) is 5.10 Å². The average molecular weight is 570 g/mol. The van der Waals surface area contributed by atoms with Gasteiger partial charge in [-0.3, -0.25) is 9.59 Å². The second-order valence-electron chi connectivity index (χ2n) is 7.25. The number of esters is 1. The fourth-order valence-electron chi connectivity index (χ4n) is 3.04. The molecule has 0 aliphatic carbocycles. The number of hydrazone groups is 1. The van der Waals surface area contributed by atoms with Gasteiger partial charge in [-0.1, -0.05) is 15.9 Å². The summed E-state index contributed by atoms with van der Waals surface area (Å²) in [6.07, 6.45) is 1.25. The van der Waals surface area contributed by atoms with E-state index in [2.05, 4.69) is 31.8 Å². The van der Waals surface area contributed by atoms with Crippen LogP contribution in [-0.4, -0.2) is 44.8 Å². The number of hydrogen-bond donors (Lipinski definition) is 2. The summed E-state index contributed by atoms with van der Waals surface area (Å²) < 4.78 is 21.9. The Morgan fingerprint density at radius 3 is 2.27 bits per heavy atom. The van der Waals surface area contributed by atoms with E-state index >= 15 is 0 Å². The van der Waals surface area contributed by atoms with E-state index in [1.54, 1.807) is 54.6 Å². The van der Waals surface area contributed by atoms with E-state index in [4.69, 9.17) is 18.9 Å². The molecular formula is C26H24BrN3O7. The van der Waals surface area contributed by atoms with Crippen molar-refractivity contribution in [1.29, 1.82) is 0 Å². The van der Waals surface area contributed by atoms with Crippen molar-refractivity contribution in [2.45, 2.75) is 6.92 Å². The van der Waals surface area contributed by atoms with Gasteiger partial charge >= 0.3 is 17.8 Å². The van der Waals surface area contributed by atoms with Gasteiger partial charge in [0.25, 0.3) is 0 Å². The number of hydrogen-bond acceptors (Lipinski definition) is 8. The van der Waals surface area contributed by atoms with Crippen molar-refractivity contribution in [1.82, 2.24) is 5.43 Å². The van der Waals surface area contributed by atoms with Crippen LogP contribution in [0.1, 0.15) is 22.8 Å². The first-order valence-corrected chi connectivity index (χ1v) is 11.7. The molecule has 37 heavy (non-hydrogen) atoms. The lowest BCUT2D eigenvalue weighted by atomic mass is 10.2. The molecule has 0 bridgehead atoms. The number of carbonyl (C=O) groups excluding carboxylic acids is 3. The molecule has 0 atom stereocenters. The fraction of sp³-hybridized carbons (Fsp3) is 0.154. The van der Waals surface area contributed by atoms with Crippen molar-refractivity contribution < 1.29 is 33.3 Å². The van der Waals surface area contributed by atoms with Gasteiger partial charge in [-0.2, -0.15) is 5.10 Å². The first-order chi connectivity index (χ1) is 17.8. The van der Waals surface area contributed by atoms with Crippen LogP contribution >= 0.6 is 15.9 Å². The van der Waals surface area contributed by atoms with Gasteiger partial charge in [0.2, 0.25) is 0 Å². The second kappa shape index (κ2) is 13.1. The lowest BCUT2D eigenvalue weighted by molar-refractivity contribution is -0.136. The highest BCUT2D eigenvalue weighted by molar-refractivity contribution is 9.10. The van der Waals surface area contributed by atoms with Crippen molar-refractivity contribution >= 4 is 45.6 Å². The normalized spacial score (nSPS) is 10.5. The van der Waals surface area contributed by atoms with E-state index < -0.39 is 17.8 Å². The highest BCUT2D eigenvalue weighted by Gasteiger charge is 2.16. The number of halogens is 1. The van der Waals surface area contributed by atoms with E-state index in [1.807, 2.05) is 6.92 Å². The van der Waals surface area contributed by atoms with Gasteiger partial charge in [0.15, 0.2) is 11.5 Å². The number of methoxy groups -OCH3 is 2. The molecule has 0 radical (unpaired) electrons. The number of amides is 2. The van der Waals surface area contributed by atoms with E-state index in [-0.39, 0.29) is 11.3 Å². The Morgan fingerprint density at radius 2 is 1.59 bits per heavy atom. The molecule has 192 valence electrons. The Labute approximate surface area is 221 Å². The zero-order valence-corrected chi connectivity index (χ0v) is 21.8. The molecule has 0 saturated carbocycles. The van der Waals surface area contributed by atoms with Gasteiger partial charge in [0.1, 0.15) is 11.5 Å². The average Bonchev–Trinajstić information content (AvgIpc) is 2.90. The van der Waals surface area contributed by atoms with Gasteiger partial charge in [-0.05, 0) is 67.6 Å². The first-order valence-electron chi connectivity index (χ1n) is 11.0. The highest BCUT2D eigenvalue weighted by Crippen LogP contribution is 2.29. The quantitative estimate of drug-likeness (QED) is 0.130. The molecule has 0 saturated heterocycles. The minimum absolute atomic E-state index is 0.180. The van der Waals surface area contributed by atoms with Gasteiger partial charge in [0.05, 0.1) is 32.6 Å². The second-order valence-corrected chi connectivity index (χ2v) is 8.17. The van der Waals surface area contributed by atoms with Crippen molar-refractivity contribution in [3.63, 3.8) is 0 Å². The Kier molecular flexibility index (Phi) is 9.61. The molecule has 2 amide bonds. The van der Waals surface area contributed by atoms with Gasteiger partial charge in [-0.25, -0.2) is 10.2 Å². The van der Waals surface area contributed by atoms with Crippen LogP contribution in [0, 0.1) is 0 Å². The molecule has 0 heterocycles. The Balaban J connectivity index is 1.65. The number of anilines is 1. The van der Waals surface area contributed by atoms with E-state index in [1.165, 1.54) is 26.5 Å². The van der Waals surface area contributed by atoms with Crippen LogP contribution in [0.25, 0.3) is 0 Å². The highest BCUT2D eigenvalue weighted by atomic mass is 79.9. The molecule has 3 rings (SSSR count). The monoisotopic (exact) mass is 569 g/mol. The molecule has 11 heteroatoms. The van der Waals surface area contributed by atoms with Crippen molar-refractivity contribution in [2.75, 3.05) is 26.1 Å². The van der Waals surface area contributed by atoms with E-state index in [0.717, 1.165) is 0 Å². The summed E-state index contributed by atoms with van der Waals surface area (Å²) >= 11 is 3.35. The first kappa shape index (κ1) is 27.2. The molecule has 0 aliphatic heterocycles.